The van der Waals surface area contributed by atoms with Crippen molar-refractivity contribution in [2.45, 2.75) is 38.1 Å². The summed E-state index contributed by atoms with van der Waals surface area (Å²) in [5, 5.41) is 0. The second-order valence-corrected chi connectivity index (χ2v) is 5.54. The Balaban J connectivity index is 2.02. The van der Waals surface area contributed by atoms with Gasteiger partial charge in [0.05, 0.1) is 24.0 Å². The molecule has 0 unspecified atom stereocenters. The maximum atomic E-state index is 6.05. The molecule has 1 aliphatic rings. The Hall–Kier alpha value is -1.22. The van der Waals surface area contributed by atoms with Crippen LogP contribution in [0.4, 0.5) is 0 Å². The van der Waals surface area contributed by atoms with E-state index in [-0.39, 0.29) is 0 Å². The Kier molecular flexibility index (Phi) is 3.65. The lowest BCUT2D eigenvalue weighted by Crippen LogP contribution is -2.10. The number of alkyl halides is 1. The van der Waals surface area contributed by atoms with E-state index in [0.29, 0.717) is 5.88 Å². The minimum absolute atomic E-state index is 0.462. The number of imidazole rings is 1. The third-order valence-corrected chi connectivity index (χ3v) is 4.31. The summed E-state index contributed by atoms with van der Waals surface area (Å²) in [4.78, 5) is 4.62. The molecule has 3 rings (SSSR count). The quantitative estimate of drug-likeness (QED) is 0.791. The number of methoxy groups -OCH3 is 1. The van der Waals surface area contributed by atoms with E-state index in [2.05, 4.69) is 15.6 Å². The Labute approximate surface area is 118 Å². The summed E-state index contributed by atoms with van der Waals surface area (Å²) in [5.41, 5.74) is 2.15. The van der Waals surface area contributed by atoms with Crippen molar-refractivity contribution in [3.05, 3.63) is 24.0 Å². The van der Waals surface area contributed by atoms with Gasteiger partial charge in [-0.05, 0) is 30.9 Å². The summed E-state index contributed by atoms with van der Waals surface area (Å²) in [6, 6.07) is 6.02. The fourth-order valence-corrected chi connectivity index (χ4v) is 3.24. The maximum absolute atomic E-state index is 6.05. The highest BCUT2D eigenvalue weighted by molar-refractivity contribution is 6.16. The number of hydrogen-bond donors (Lipinski definition) is 0. The van der Waals surface area contributed by atoms with Gasteiger partial charge in [0.2, 0.25) is 0 Å². The van der Waals surface area contributed by atoms with E-state index in [1.165, 1.54) is 25.7 Å². The third-order valence-electron chi connectivity index (χ3n) is 4.07. The highest BCUT2D eigenvalue weighted by Gasteiger charge is 2.19. The first-order valence-electron chi connectivity index (χ1n) is 6.91. The van der Waals surface area contributed by atoms with Crippen LogP contribution in [0.5, 0.6) is 5.75 Å². The molecule has 0 radical (unpaired) electrons. The summed E-state index contributed by atoms with van der Waals surface area (Å²) in [7, 11) is 1.70. The monoisotopic (exact) mass is 278 g/mol. The van der Waals surface area contributed by atoms with Crippen LogP contribution in [0.3, 0.4) is 0 Å². The highest BCUT2D eigenvalue weighted by Crippen LogP contribution is 2.29. The van der Waals surface area contributed by atoms with Gasteiger partial charge in [-0.1, -0.05) is 12.8 Å². The van der Waals surface area contributed by atoms with Gasteiger partial charge in [-0.2, -0.15) is 0 Å². The molecule has 1 aliphatic carbocycles. The van der Waals surface area contributed by atoms with E-state index in [4.69, 9.17) is 16.3 Å². The predicted octanol–water partition coefficient (Wildman–Crippen LogP) is 3.97. The van der Waals surface area contributed by atoms with Gasteiger partial charge in [0, 0.05) is 12.6 Å². The lowest BCUT2D eigenvalue weighted by Gasteiger charge is -2.13. The van der Waals surface area contributed by atoms with Crippen LogP contribution in [-0.4, -0.2) is 16.7 Å². The van der Waals surface area contributed by atoms with Crippen molar-refractivity contribution in [2.75, 3.05) is 7.11 Å². The average molecular weight is 279 g/mol. The van der Waals surface area contributed by atoms with Gasteiger partial charge < -0.3 is 9.30 Å². The standard InChI is InChI=1S/C15H19ClN2O/c1-19-12-6-7-13-14(8-12)18(15(9-16)17-13)10-11-4-2-3-5-11/h6-8,11H,2-5,9-10H2,1H3. The zero-order valence-corrected chi connectivity index (χ0v) is 12.0. The van der Waals surface area contributed by atoms with Crippen molar-refractivity contribution in [1.29, 1.82) is 0 Å². The molecule has 1 fully saturated rings. The first-order chi connectivity index (χ1) is 9.31. The molecule has 2 aromatic rings. The third kappa shape index (κ3) is 2.44. The minimum atomic E-state index is 0.462. The van der Waals surface area contributed by atoms with Crippen LogP contribution in [0.25, 0.3) is 11.0 Å². The fraction of sp³-hybridized carbons (Fsp3) is 0.533. The predicted molar refractivity (Wildman–Crippen MR) is 77.8 cm³/mol. The molecule has 0 atom stereocenters. The van der Waals surface area contributed by atoms with Gasteiger partial charge >= 0.3 is 0 Å². The van der Waals surface area contributed by atoms with Crippen LogP contribution in [0, 0.1) is 5.92 Å². The van der Waals surface area contributed by atoms with Crippen molar-refractivity contribution in [3.63, 3.8) is 0 Å². The largest absolute Gasteiger partial charge is 0.497 e. The van der Waals surface area contributed by atoms with Crippen molar-refractivity contribution in [1.82, 2.24) is 9.55 Å². The Morgan fingerprint density at radius 2 is 2.16 bits per heavy atom. The highest BCUT2D eigenvalue weighted by atomic mass is 35.5. The van der Waals surface area contributed by atoms with E-state index in [9.17, 15) is 0 Å². The molecule has 1 aromatic carbocycles. The van der Waals surface area contributed by atoms with E-state index < -0.39 is 0 Å². The second-order valence-electron chi connectivity index (χ2n) is 5.28. The number of nitrogens with zero attached hydrogens (tertiary/aromatic N) is 2. The van der Waals surface area contributed by atoms with Gasteiger partial charge in [0.15, 0.2) is 0 Å². The van der Waals surface area contributed by atoms with Gasteiger partial charge in [-0.25, -0.2) is 4.98 Å². The number of rotatable bonds is 4. The van der Waals surface area contributed by atoms with E-state index >= 15 is 0 Å². The summed E-state index contributed by atoms with van der Waals surface area (Å²) in [5.74, 6) is 3.08. The number of halogens is 1. The summed E-state index contributed by atoms with van der Waals surface area (Å²) in [6.07, 6.45) is 5.37. The van der Waals surface area contributed by atoms with Gasteiger partial charge in [-0.3, -0.25) is 0 Å². The molecule has 0 spiro atoms. The molecule has 0 bridgehead atoms. The lowest BCUT2D eigenvalue weighted by molar-refractivity contribution is 0.414. The molecule has 1 saturated carbocycles. The van der Waals surface area contributed by atoms with Crippen LogP contribution in [0.15, 0.2) is 18.2 Å². The number of benzene rings is 1. The minimum Gasteiger partial charge on any atom is -0.497 e. The smallest absolute Gasteiger partial charge is 0.124 e. The first kappa shape index (κ1) is 12.8. The van der Waals surface area contributed by atoms with Crippen LogP contribution in [-0.2, 0) is 12.4 Å². The summed E-state index contributed by atoms with van der Waals surface area (Å²) >= 11 is 6.05. The van der Waals surface area contributed by atoms with E-state index in [0.717, 1.165) is 35.1 Å². The van der Waals surface area contributed by atoms with Gasteiger partial charge in [0.1, 0.15) is 11.6 Å². The van der Waals surface area contributed by atoms with E-state index in [1.807, 2.05) is 12.1 Å². The van der Waals surface area contributed by atoms with Crippen molar-refractivity contribution >= 4 is 22.6 Å². The van der Waals surface area contributed by atoms with Crippen LogP contribution in [0.1, 0.15) is 31.5 Å². The molecule has 19 heavy (non-hydrogen) atoms. The number of hydrogen-bond acceptors (Lipinski definition) is 2. The molecular weight excluding hydrogens is 260 g/mol. The molecule has 4 heteroatoms. The van der Waals surface area contributed by atoms with E-state index in [1.54, 1.807) is 7.11 Å². The first-order valence-corrected chi connectivity index (χ1v) is 7.44. The molecule has 3 nitrogen and oxygen atoms in total. The lowest BCUT2D eigenvalue weighted by atomic mass is 10.1. The normalized spacial score (nSPS) is 16.3. The summed E-state index contributed by atoms with van der Waals surface area (Å²) in [6.45, 7) is 1.03. The number of aromatic nitrogens is 2. The summed E-state index contributed by atoms with van der Waals surface area (Å²) < 4.78 is 7.59. The maximum Gasteiger partial charge on any atom is 0.124 e. The SMILES string of the molecule is COc1ccc2nc(CCl)n(CC3CCCC3)c2c1. The molecular formula is C15H19ClN2O. The molecule has 1 aromatic heterocycles. The Morgan fingerprint density at radius 3 is 2.84 bits per heavy atom. The average Bonchev–Trinajstić information content (AvgIpc) is 3.07. The second kappa shape index (κ2) is 5.41. The molecule has 0 aliphatic heterocycles. The van der Waals surface area contributed by atoms with Crippen molar-refractivity contribution < 1.29 is 4.74 Å². The van der Waals surface area contributed by atoms with Crippen LogP contribution >= 0.6 is 11.6 Å². The molecule has 102 valence electrons. The number of ether oxygens (including phenoxy) is 1. The number of fused-ring (bicyclic) bond motifs is 1. The Morgan fingerprint density at radius 1 is 1.37 bits per heavy atom. The van der Waals surface area contributed by atoms with Crippen LogP contribution < -0.4 is 4.74 Å². The van der Waals surface area contributed by atoms with Crippen LogP contribution in [0.2, 0.25) is 0 Å². The molecule has 0 saturated heterocycles. The Bertz CT molecular complexity index is 573. The molecule has 1 heterocycles. The zero-order chi connectivity index (χ0) is 13.2. The molecule has 0 N–H and O–H groups in total. The van der Waals surface area contributed by atoms with Gasteiger partial charge in [-0.15, -0.1) is 11.6 Å². The topological polar surface area (TPSA) is 27.1 Å². The van der Waals surface area contributed by atoms with Gasteiger partial charge in [0.25, 0.3) is 0 Å². The van der Waals surface area contributed by atoms with Crippen molar-refractivity contribution in [2.24, 2.45) is 5.92 Å². The zero-order valence-electron chi connectivity index (χ0n) is 11.2. The molecule has 0 amide bonds. The van der Waals surface area contributed by atoms with Crippen molar-refractivity contribution in [3.8, 4) is 5.75 Å². The fourth-order valence-electron chi connectivity index (χ4n) is 3.04.